The number of likely N-dealkylation sites (tertiary alicyclic amines) is 1. The Bertz CT molecular complexity index is 11100. The smallest absolute Gasteiger partial charge is 0.357 e. The predicted octanol–water partition coefficient (Wildman–Crippen LogP) is 26.3. The van der Waals surface area contributed by atoms with Crippen molar-refractivity contribution in [3.05, 3.63) is 117 Å². The molecular weight excluding hydrogens is 1470 g/mol. The van der Waals surface area contributed by atoms with Gasteiger partial charge in [-0.2, -0.15) is 0 Å². The fourth-order valence-corrected chi connectivity index (χ4v) is 33.0. The van der Waals surface area contributed by atoms with E-state index < -0.39 is 10.8 Å². The molecule has 42 rings (SSSR count). The summed E-state index contributed by atoms with van der Waals surface area (Å²) < 4.78 is 0. The topological polar surface area (TPSA) is 109 Å². The van der Waals surface area contributed by atoms with Gasteiger partial charge >= 0.3 is 17.1 Å². The van der Waals surface area contributed by atoms with Crippen molar-refractivity contribution >= 4 is 335 Å². The van der Waals surface area contributed by atoms with Gasteiger partial charge in [0.15, 0.2) is 0 Å². The Balaban J connectivity index is 0.00000594. The molecule has 3 unspecified atom stereocenters. The Hall–Kier alpha value is -12.8. The molecule has 0 amide bonds. The molecular formula is C107H45CuN9. The van der Waals surface area contributed by atoms with E-state index in [0.717, 1.165) is 55.9 Å². The molecule has 1 radical (unpaired) electrons. The van der Waals surface area contributed by atoms with Crippen LogP contribution in [0.15, 0.2) is 72.8 Å². The zero-order valence-corrected chi connectivity index (χ0v) is 65.0. The van der Waals surface area contributed by atoms with E-state index in [1.165, 1.54) is 16.7 Å². The van der Waals surface area contributed by atoms with Gasteiger partial charge in [-0.1, -0.05) is 117 Å². The molecule has 117 heavy (non-hydrogen) atoms. The zero-order chi connectivity index (χ0) is 73.5. The standard InChI is InChI=1S/C107H45N9.Cu/c1-103(2,3)25-15-18-28-32(21-25)100-110-95-27-17-14-24(20-31(27)99(109-95)113-98-30-12-11-13-34(105(7,8)9)35(30)102(114-98)115-101-33-22-26(104(4,5)6)16-19-29(33)97(112-101)108-96(28)111-100)94-107-92-85-77-65-57-48-39-37-36-38-42(39)51-58-56-47(38)49-45-40(36)43-44-41(37)46-50(48)63(65)71-69-55(46)53(44)61-60-52(43)54(45)68-70-62(49)64(56)76-78-66(58)67(59(51)57)79(77)88(92)87(78)90-83(76)81(70)84-74(68)72(60)80-73(61)75(69)86(82(71)85)93(107)89(80)91(84)106(90,107)23-116(94)10;/h11-22,94H,23H2,1-10H3;/q-2;+2. The number of hydrogen-bond acceptors (Lipinski definition) is 7. The van der Waals surface area contributed by atoms with Gasteiger partial charge < -0.3 is 29.9 Å². The third-order valence-corrected chi connectivity index (χ3v) is 35.5. The van der Waals surface area contributed by atoms with Crippen LogP contribution in [0.5, 0.6) is 0 Å². The van der Waals surface area contributed by atoms with Crippen LogP contribution in [0.25, 0.3) is 381 Å². The van der Waals surface area contributed by atoms with Crippen molar-refractivity contribution in [2.24, 2.45) is 0 Å². The average Bonchev–Trinajstić information content (AvgIpc) is 1.38. The predicted molar refractivity (Wildman–Crippen MR) is 479 cm³/mol. The number of aromatic nitrogens is 8. The third-order valence-electron chi connectivity index (χ3n) is 35.5. The molecule has 9 nitrogen and oxygen atoms in total. The van der Waals surface area contributed by atoms with E-state index in [1.807, 2.05) is 0 Å². The summed E-state index contributed by atoms with van der Waals surface area (Å²) in [6.45, 7) is 21.4. The summed E-state index contributed by atoms with van der Waals surface area (Å²) in [4.78, 5) is 48.4. The van der Waals surface area contributed by atoms with Crippen molar-refractivity contribution in [3.63, 3.8) is 0 Å². The second-order valence-corrected chi connectivity index (χ2v) is 42.1. The van der Waals surface area contributed by atoms with Gasteiger partial charge in [-0.05, 0) is 398 Å². The number of rotatable bonds is 1. The van der Waals surface area contributed by atoms with Crippen molar-refractivity contribution in [1.82, 2.24) is 44.8 Å². The molecule has 3 atom stereocenters. The first-order valence-corrected chi connectivity index (χ1v) is 42.2. The maximum atomic E-state index is 5.95. The fourth-order valence-electron chi connectivity index (χ4n) is 33.0. The van der Waals surface area contributed by atoms with Gasteiger partial charge in [-0.25, -0.2) is 9.97 Å². The third kappa shape index (κ3) is 4.00. The molecule has 4 aliphatic carbocycles. The van der Waals surface area contributed by atoms with Crippen LogP contribution in [0.1, 0.15) is 113 Å². The number of fused-ring (bicyclic) bond motifs is 20. The number of likely N-dealkylation sites (N-methyl/N-ethyl adjacent to an activating group) is 1. The second kappa shape index (κ2) is 13.9. The molecule has 529 valence electrons. The van der Waals surface area contributed by atoms with Crippen LogP contribution < -0.4 is 9.97 Å². The van der Waals surface area contributed by atoms with Crippen molar-refractivity contribution in [2.45, 2.75) is 95.4 Å². The minimum Gasteiger partial charge on any atom is -0.357 e. The molecule has 2 spiro atoms. The maximum Gasteiger partial charge on any atom is 2.00 e. The molecule has 1 saturated heterocycles. The van der Waals surface area contributed by atoms with E-state index in [1.54, 1.807) is 313 Å². The largest absolute Gasteiger partial charge is 2.00 e. The monoisotopic (exact) mass is 1520 g/mol. The molecule has 7 aliphatic rings. The van der Waals surface area contributed by atoms with E-state index in [4.69, 9.17) is 39.9 Å². The fraction of sp³-hybridized carbons (Fsp3) is 0.159. The first-order valence-electron chi connectivity index (χ1n) is 42.2. The molecule has 1 fully saturated rings. The number of benzene rings is 21. The van der Waals surface area contributed by atoms with Gasteiger partial charge in [-0.3, -0.25) is 4.90 Å². The Morgan fingerprint density at radius 3 is 1.04 bits per heavy atom. The van der Waals surface area contributed by atoms with Gasteiger partial charge in [0, 0.05) is 57.4 Å². The van der Waals surface area contributed by atoms with Gasteiger partial charge in [0.05, 0.1) is 34.1 Å². The Morgan fingerprint density at radius 1 is 0.282 bits per heavy atom. The number of hydrogen-bond donors (Lipinski definition) is 0. The minimum atomic E-state index is -0.587. The van der Waals surface area contributed by atoms with Crippen molar-refractivity contribution in [2.75, 3.05) is 13.6 Å². The Labute approximate surface area is 663 Å². The van der Waals surface area contributed by atoms with Crippen LogP contribution >= 0.6 is 0 Å². The summed E-state index contributed by atoms with van der Waals surface area (Å²) >= 11 is 0. The molecule has 10 heteroatoms. The van der Waals surface area contributed by atoms with E-state index in [-0.39, 0.29) is 39.4 Å². The molecule has 8 bridgehead atoms. The Kier molecular flexibility index (Phi) is 6.44. The summed E-state index contributed by atoms with van der Waals surface area (Å²) in [7, 11) is 2.57. The second-order valence-electron chi connectivity index (χ2n) is 42.1. The average molecular weight is 1520 g/mol. The van der Waals surface area contributed by atoms with Crippen LogP contribution in [0.2, 0.25) is 0 Å². The molecule has 35 aromatic rings. The van der Waals surface area contributed by atoms with E-state index in [0.29, 0.717) is 45.9 Å². The molecule has 6 heterocycles. The van der Waals surface area contributed by atoms with Gasteiger partial charge in [0.1, 0.15) is 0 Å². The van der Waals surface area contributed by atoms with Gasteiger partial charge in [-0.15, -0.1) is 0 Å². The van der Waals surface area contributed by atoms with Crippen molar-refractivity contribution in [1.29, 1.82) is 0 Å². The van der Waals surface area contributed by atoms with E-state index in [2.05, 4.69) is 147 Å². The SMILES string of the molecule is CN1CC23c4c5c6c7c8c9c(c%10c%11c2c2c%12c4c4c%13c5c5c7c7c8c8c%14c9c%10c9c%10c%11c2c2c%11c%12c4c4c%12c%13c5c5c7c7c8c8c%14c9c9c%10c2c2c%11c4c4c%12c5c7c5c8c9c2c45)C63C1c1ccc2c(c1)-c1nc-2nc2[n-]c(nc3nc(nc4[n-]c(n1)c1cccc(C(C)(C)C)c41)-c1cc(C(C)(C)C)ccc1-3)c1ccc(C(C)(C)C)cc21.[Cu+2]. The van der Waals surface area contributed by atoms with E-state index in [9.17, 15) is 0 Å². The summed E-state index contributed by atoms with van der Waals surface area (Å²) in [6, 6.07) is 27.4. The zero-order valence-electron chi connectivity index (χ0n) is 64.0. The molecule has 3 aromatic heterocycles. The maximum absolute atomic E-state index is 5.95. The quantitative estimate of drug-likeness (QED) is 0.117. The van der Waals surface area contributed by atoms with Crippen LogP contribution in [0.4, 0.5) is 0 Å². The Morgan fingerprint density at radius 2 is 0.598 bits per heavy atom. The minimum absolute atomic E-state index is 0. The van der Waals surface area contributed by atoms with Crippen molar-refractivity contribution in [3.8, 4) is 45.6 Å². The summed E-state index contributed by atoms with van der Waals surface area (Å²) in [5.41, 5.74) is 15.9. The molecule has 32 aromatic carbocycles. The van der Waals surface area contributed by atoms with Crippen LogP contribution in [-0.4, -0.2) is 48.4 Å². The normalized spacial score (nSPS) is 19.7. The van der Waals surface area contributed by atoms with Crippen LogP contribution in [0, 0.1) is 0 Å². The number of nitrogens with zero attached hydrogens (tertiary/aromatic N) is 9. The first kappa shape index (κ1) is 54.1. The first-order chi connectivity index (χ1) is 56.5. The van der Waals surface area contributed by atoms with Crippen LogP contribution in [-0.2, 0) is 44.1 Å². The summed E-state index contributed by atoms with van der Waals surface area (Å²) in [5, 5.41) is 91.0. The van der Waals surface area contributed by atoms with Gasteiger partial charge in [0.25, 0.3) is 0 Å². The summed E-state index contributed by atoms with van der Waals surface area (Å²) in [6.07, 6.45) is 0. The van der Waals surface area contributed by atoms with Gasteiger partial charge in [0.2, 0.25) is 0 Å². The molecule has 3 aliphatic heterocycles. The van der Waals surface area contributed by atoms with Crippen LogP contribution in [0.3, 0.4) is 0 Å². The van der Waals surface area contributed by atoms with E-state index >= 15 is 0 Å². The molecule has 0 N–H and O–H groups in total. The van der Waals surface area contributed by atoms with Crippen molar-refractivity contribution < 1.29 is 17.1 Å². The molecule has 0 saturated carbocycles. The summed E-state index contributed by atoms with van der Waals surface area (Å²) in [5.74, 6) is 2.32.